The Balaban J connectivity index is 1.97. The molecule has 2 aromatic carbocycles. The third-order valence-electron chi connectivity index (χ3n) is 4.26. The molecule has 0 aliphatic carbocycles. The molecule has 2 aromatic rings. The molecule has 168 valence electrons. The molecule has 31 heavy (non-hydrogen) atoms. The van der Waals surface area contributed by atoms with Crippen molar-refractivity contribution < 1.29 is 27.5 Å². The Kier molecular flexibility index (Phi) is 9.33. The van der Waals surface area contributed by atoms with Crippen LogP contribution in [0.15, 0.2) is 48.5 Å². The molecule has 0 bridgehead atoms. The smallest absolute Gasteiger partial charge is 0.381 e. The first-order chi connectivity index (χ1) is 14.8. The van der Waals surface area contributed by atoms with Gasteiger partial charge in [-0.1, -0.05) is 31.5 Å². The minimum Gasteiger partial charge on any atom is -0.381 e. The van der Waals surface area contributed by atoms with E-state index in [1.807, 2.05) is 6.92 Å². The quantitative estimate of drug-likeness (QED) is 0.442. The van der Waals surface area contributed by atoms with E-state index in [0.29, 0.717) is 25.2 Å². The molecule has 0 heterocycles. The molecule has 0 aliphatic heterocycles. The van der Waals surface area contributed by atoms with Crippen molar-refractivity contribution in [2.75, 3.05) is 30.4 Å². The van der Waals surface area contributed by atoms with Crippen molar-refractivity contribution in [2.24, 2.45) is 0 Å². The summed E-state index contributed by atoms with van der Waals surface area (Å²) >= 11 is 0. The molecule has 0 aromatic heterocycles. The molecule has 0 unspecified atom stereocenters. The predicted molar refractivity (Wildman–Crippen MR) is 113 cm³/mol. The molecule has 0 radical (unpaired) electrons. The van der Waals surface area contributed by atoms with Gasteiger partial charge in [0.25, 0.3) is 5.91 Å². The van der Waals surface area contributed by atoms with Gasteiger partial charge in [-0.25, -0.2) is 4.79 Å². The van der Waals surface area contributed by atoms with E-state index in [1.54, 1.807) is 30.3 Å². The number of rotatable bonds is 10. The van der Waals surface area contributed by atoms with Gasteiger partial charge in [-0.05, 0) is 43.2 Å². The second-order valence-corrected chi connectivity index (χ2v) is 6.78. The first-order valence-corrected chi connectivity index (χ1v) is 10.0. The van der Waals surface area contributed by atoms with Crippen LogP contribution in [0.2, 0.25) is 0 Å². The highest BCUT2D eigenvalue weighted by molar-refractivity contribution is 6.04. The molecule has 0 saturated carbocycles. The highest BCUT2D eigenvalue weighted by atomic mass is 19.4. The molecular formula is C22H26F3N3O3. The summed E-state index contributed by atoms with van der Waals surface area (Å²) in [7, 11) is 0. The van der Waals surface area contributed by atoms with Crippen molar-refractivity contribution in [3.63, 3.8) is 0 Å². The van der Waals surface area contributed by atoms with Gasteiger partial charge in [-0.2, -0.15) is 13.2 Å². The summed E-state index contributed by atoms with van der Waals surface area (Å²) in [6.07, 6.45) is -2.19. The van der Waals surface area contributed by atoms with Crippen LogP contribution in [-0.2, 0) is 10.9 Å². The summed E-state index contributed by atoms with van der Waals surface area (Å²) in [6.45, 7) is 3.42. The number of alkyl halides is 3. The number of amides is 3. The SMILES string of the molecule is CCCCOCCCNC(=O)Nc1ccc(NC(=O)c2ccccc2)cc1C(F)(F)F. The summed E-state index contributed by atoms with van der Waals surface area (Å²) in [4.78, 5) is 24.2. The summed E-state index contributed by atoms with van der Waals surface area (Å²) in [6, 6.07) is 10.6. The second kappa shape index (κ2) is 11.9. The lowest BCUT2D eigenvalue weighted by Gasteiger charge is -2.16. The average molecular weight is 437 g/mol. The van der Waals surface area contributed by atoms with Gasteiger partial charge in [-0.15, -0.1) is 0 Å². The minimum atomic E-state index is -4.72. The van der Waals surface area contributed by atoms with Crippen LogP contribution in [-0.4, -0.2) is 31.7 Å². The normalized spacial score (nSPS) is 11.1. The molecule has 0 aliphatic rings. The van der Waals surface area contributed by atoms with Crippen LogP contribution in [0.1, 0.15) is 42.1 Å². The number of benzene rings is 2. The van der Waals surface area contributed by atoms with Crippen molar-refractivity contribution in [2.45, 2.75) is 32.4 Å². The number of carbonyl (C=O) groups is 2. The van der Waals surface area contributed by atoms with Crippen LogP contribution in [0.4, 0.5) is 29.3 Å². The summed E-state index contributed by atoms with van der Waals surface area (Å²) in [5.74, 6) is -0.534. The minimum absolute atomic E-state index is 0.0311. The van der Waals surface area contributed by atoms with Crippen molar-refractivity contribution in [3.8, 4) is 0 Å². The summed E-state index contributed by atoms with van der Waals surface area (Å²) in [5.41, 5.74) is -1.18. The molecule has 0 atom stereocenters. The van der Waals surface area contributed by atoms with Gasteiger partial charge in [0, 0.05) is 31.0 Å². The number of ether oxygens (including phenoxy) is 1. The lowest BCUT2D eigenvalue weighted by Crippen LogP contribution is -2.31. The van der Waals surface area contributed by atoms with Crippen molar-refractivity contribution in [1.82, 2.24) is 5.32 Å². The summed E-state index contributed by atoms with van der Waals surface area (Å²) in [5, 5.41) is 7.15. The largest absolute Gasteiger partial charge is 0.418 e. The summed E-state index contributed by atoms with van der Waals surface area (Å²) < 4.78 is 45.8. The van der Waals surface area contributed by atoms with E-state index in [-0.39, 0.29) is 12.2 Å². The van der Waals surface area contributed by atoms with Crippen LogP contribution in [0, 0.1) is 0 Å². The average Bonchev–Trinajstić information content (AvgIpc) is 2.74. The zero-order valence-electron chi connectivity index (χ0n) is 17.2. The van der Waals surface area contributed by atoms with Gasteiger partial charge in [0.2, 0.25) is 0 Å². The maximum absolute atomic E-state index is 13.5. The fourth-order valence-corrected chi connectivity index (χ4v) is 2.65. The Morgan fingerprint density at radius 3 is 2.35 bits per heavy atom. The van der Waals surface area contributed by atoms with Crippen LogP contribution < -0.4 is 16.0 Å². The molecule has 0 spiro atoms. The lowest BCUT2D eigenvalue weighted by molar-refractivity contribution is -0.136. The third kappa shape index (κ3) is 8.29. The Labute approximate surface area is 179 Å². The van der Waals surface area contributed by atoms with Crippen molar-refractivity contribution in [1.29, 1.82) is 0 Å². The standard InChI is InChI=1S/C22H26F3N3O3/c1-2-3-13-31-14-7-12-26-21(30)28-19-11-10-17(15-18(19)22(23,24)25)27-20(29)16-8-5-4-6-9-16/h4-6,8-11,15H,2-3,7,12-14H2,1H3,(H,27,29)(H2,26,28,30). The second-order valence-electron chi connectivity index (χ2n) is 6.78. The van der Waals surface area contributed by atoms with Gasteiger partial charge < -0.3 is 20.7 Å². The fourth-order valence-electron chi connectivity index (χ4n) is 2.65. The molecule has 0 fully saturated rings. The Hall–Kier alpha value is -3.07. The van der Waals surface area contributed by atoms with Crippen molar-refractivity contribution >= 4 is 23.3 Å². The van der Waals surface area contributed by atoms with Gasteiger partial charge >= 0.3 is 12.2 Å². The Bertz CT molecular complexity index is 858. The van der Waals surface area contributed by atoms with Crippen LogP contribution >= 0.6 is 0 Å². The number of carbonyl (C=O) groups excluding carboxylic acids is 2. The highest BCUT2D eigenvalue weighted by Crippen LogP contribution is 2.36. The van der Waals surface area contributed by atoms with Crippen molar-refractivity contribution in [3.05, 3.63) is 59.7 Å². The fraction of sp³-hybridized carbons (Fsp3) is 0.364. The zero-order chi connectivity index (χ0) is 22.7. The van der Waals surface area contributed by atoms with E-state index in [1.165, 1.54) is 6.07 Å². The molecule has 2 rings (SSSR count). The van der Waals surface area contributed by atoms with E-state index in [0.717, 1.165) is 25.0 Å². The first kappa shape index (κ1) is 24.2. The number of halogens is 3. The predicted octanol–water partition coefficient (Wildman–Crippen LogP) is 5.29. The van der Waals surface area contributed by atoms with Crippen LogP contribution in [0.3, 0.4) is 0 Å². The first-order valence-electron chi connectivity index (χ1n) is 10.0. The number of hydrogen-bond donors (Lipinski definition) is 3. The number of urea groups is 1. The maximum Gasteiger partial charge on any atom is 0.418 e. The number of nitrogens with one attached hydrogen (secondary N) is 3. The molecule has 0 saturated heterocycles. The monoisotopic (exact) mass is 437 g/mol. The Morgan fingerprint density at radius 1 is 0.968 bits per heavy atom. The molecule has 6 nitrogen and oxygen atoms in total. The molecule has 3 N–H and O–H groups in total. The van der Waals surface area contributed by atoms with Crippen LogP contribution in [0.5, 0.6) is 0 Å². The molecular weight excluding hydrogens is 411 g/mol. The van der Waals surface area contributed by atoms with Crippen LogP contribution in [0.25, 0.3) is 0 Å². The number of anilines is 2. The van der Waals surface area contributed by atoms with Gasteiger partial charge in [0.15, 0.2) is 0 Å². The maximum atomic E-state index is 13.5. The van der Waals surface area contributed by atoms with Gasteiger partial charge in [-0.3, -0.25) is 4.79 Å². The van der Waals surface area contributed by atoms with E-state index < -0.39 is 29.4 Å². The van der Waals surface area contributed by atoms with E-state index in [4.69, 9.17) is 4.74 Å². The number of unbranched alkanes of at least 4 members (excludes halogenated alkanes) is 1. The van der Waals surface area contributed by atoms with Gasteiger partial charge in [0.1, 0.15) is 0 Å². The third-order valence-corrected chi connectivity index (χ3v) is 4.26. The van der Waals surface area contributed by atoms with Gasteiger partial charge in [0.05, 0.1) is 11.3 Å². The Morgan fingerprint density at radius 2 is 1.68 bits per heavy atom. The van der Waals surface area contributed by atoms with E-state index >= 15 is 0 Å². The highest BCUT2D eigenvalue weighted by Gasteiger charge is 2.34. The zero-order valence-corrected chi connectivity index (χ0v) is 17.2. The lowest BCUT2D eigenvalue weighted by atomic mass is 10.1. The van der Waals surface area contributed by atoms with E-state index in [2.05, 4.69) is 16.0 Å². The molecule has 9 heteroatoms. The molecule has 3 amide bonds. The van der Waals surface area contributed by atoms with E-state index in [9.17, 15) is 22.8 Å². The topological polar surface area (TPSA) is 79.5 Å². The number of hydrogen-bond acceptors (Lipinski definition) is 3.